The fourth-order valence-electron chi connectivity index (χ4n) is 0.598. The Labute approximate surface area is 60.6 Å². The van der Waals surface area contributed by atoms with Gasteiger partial charge in [0.05, 0.1) is 0 Å². The average molecular weight is 150 g/mol. The fourth-order valence-corrected chi connectivity index (χ4v) is 0.808. The molecule has 0 aromatic rings. The van der Waals surface area contributed by atoms with Gasteiger partial charge in [0.2, 0.25) is 0 Å². The largest absolute Gasteiger partial charge is 0.150 e. The lowest BCUT2D eigenvalue weighted by molar-refractivity contribution is 0.618. The van der Waals surface area contributed by atoms with Gasteiger partial charge in [-0.25, -0.2) is 0 Å². The van der Waals surface area contributed by atoms with Gasteiger partial charge in [-0.2, -0.15) is 4.91 Å². The Morgan fingerprint density at radius 3 is 2.67 bits per heavy atom. The van der Waals surface area contributed by atoms with Crippen LogP contribution in [0.4, 0.5) is 0 Å². The molecule has 2 nitrogen and oxygen atoms in total. The Balaban J connectivity index is 3.20. The quantitative estimate of drug-likeness (QED) is 0.436. The minimum atomic E-state index is -0.161. The van der Waals surface area contributed by atoms with Gasteiger partial charge in [0.15, 0.2) is 0 Å². The van der Waals surface area contributed by atoms with Crippen LogP contribution in [0.15, 0.2) is 5.18 Å². The molecule has 0 spiro atoms. The fraction of sp³-hybridized carbons (Fsp3) is 1.00. The molecule has 0 rings (SSSR count). The first-order valence-corrected chi connectivity index (χ1v) is 3.77. The number of nitroso groups, excluding NO2 is 1. The van der Waals surface area contributed by atoms with Crippen molar-refractivity contribution in [2.24, 2.45) is 5.18 Å². The Morgan fingerprint density at radius 2 is 2.33 bits per heavy atom. The summed E-state index contributed by atoms with van der Waals surface area (Å²) in [5.41, 5.74) is 0. The highest BCUT2D eigenvalue weighted by molar-refractivity contribution is 6.18. The lowest BCUT2D eigenvalue weighted by Gasteiger charge is -2.00. The Kier molecular flexibility index (Phi) is 5.94. The molecule has 0 radical (unpaired) electrons. The number of unbranched alkanes of at least 4 members (excludes halogenated alkanes) is 1. The summed E-state index contributed by atoms with van der Waals surface area (Å²) in [6, 6.07) is -0.161. The molecule has 9 heavy (non-hydrogen) atoms. The number of nitrogens with zero attached hydrogens (tertiary/aromatic N) is 1. The average Bonchev–Trinajstić information content (AvgIpc) is 1.91. The first-order chi connectivity index (χ1) is 4.35. The Morgan fingerprint density at radius 1 is 1.67 bits per heavy atom. The van der Waals surface area contributed by atoms with Crippen molar-refractivity contribution in [2.45, 2.75) is 32.2 Å². The molecule has 1 atom stereocenters. The third-order valence-corrected chi connectivity index (χ3v) is 1.57. The zero-order valence-electron chi connectivity index (χ0n) is 5.64. The molecule has 0 aliphatic carbocycles. The maximum Gasteiger partial charge on any atom is 0.105 e. The standard InChI is InChI=1S/C6H12ClNO/c1-2-3-4-6(5-7)8-9/h6H,2-5H2,1H3. The van der Waals surface area contributed by atoms with Crippen molar-refractivity contribution in [3.8, 4) is 0 Å². The van der Waals surface area contributed by atoms with Crippen LogP contribution in [0.25, 0.3) is 0 Å². The van der Waals surface area contributed by atoms with E-state index >= 15 is 0 Å². The number of hydrogen-bond acceptors (Lipinski definition) is 2. The summed E-state index contributed by atoms with van der Waals surface area (Å²) >= 11 is 5.41. The lowest BCUT2D eigenvalue weighted by Crippen LogP contribution is -2.04. The van der Waals surface area contributed by atoms with Crippen molar-refractivity contribution >= 4 is 11.6 Å². The van der Waals surface area contributed by atoms with E-state index in [1.807, 2.05) is 0 Å². The number of rotatable bonds is 5. The summed E-state index contributed by atoms with van der Waals surface area (Å²) in [6.07, 6.45) is 2.98. The van der Waals surface area contributed by atoms with E-state index in [0.717, 1.165) is 19.3 Å². The van der Waals surface area contributed by atoms with Crippen molar-refractivity contribution in [3.63, 3.8) is 0 Å². The van der Waals surface area contributed by atoms with Crippen molar-refractivity contribution in [1.82, 2.24) is 0 Å². The predicted molar refractivity (Wildman–Crippen MR) is 39.8 cm³/mol. The van der Waals surface area contributed by atoms with Crippen LogP contribution in [0.1, 0.15) is 26.2 Å². The van der Waals surface area contributed by atoms with Crippen molar-refractivity contribution in [3.05, 3.63) is 4.91 Å². The van der Waals surface area contributed by atoms with Crippen LogP contribution in [-0.2, 0) is 0 Å². The third-order valence-electron chi connectivity index (χ3n) is 1.22. The topological polar surface area (TPSA) is 29.4 Å². The predicted octanol–water partition coefficient (Wildman–Crippen LogP) is 2.55. The summed E-state index contributed by atoms with van der Waals surface area (Å²) < 4.78 is 0. The van der Waals surface area contributed by atoms with Gasteiger partial charge < -0.3 is 0 Å². The molecule has 0 amide bonds. The molecule has 1 unspecified atom stereocenters. The van der Waals surface area contributed by atoms with Gasteiger partial charge in [-0.05, 0) is 6.42 Å². The van der Waals surface area contributed by atoms with E-state index < -0.39 is 0 Å². The van der Waals surface area contributed by atoms with Gasteiger partial charge in [-0.15, -0.1) is 11.6 Å². The zero-order chi connectivity index (χ0) is 7.11. The van der Waals surface area contributed by atoms with E-state index in [1.54, 1.807) is 0 Å². The van der Waals surface area contributed by atoms with Crippen LogP contribution in [0.2, 0.25) is 0 Å². The highest BCUT2D eigenvalue weighted by atomic mass is 35.5. The molecule has 54 valence electrons. The second-order valence-electron chi connectivity index (χ2n) is 2.06. The summed E-state index contributed by atoms with van der Waals surface area (Å²) in [6.45, 7) is 2.08. The van der Waals surface area contributed by atoms with E-state index in [2.05, 4.69) is 12.1 Å². The lowest BCUT2D eigenvalue weighted by atomic mass is 10.2. The molecule has 3 heteroatoms. The second kappa shape index (κ2) is 6.02. The summed E-state index contributed by atoms with van der Waals surface area (Å²) in [5.74, 6) is 0.365. The van der Waals surface area contributed by atoms with Crippen molar-refractivity contribution in [2.75, 3.05) is 5.88 Å². The first kappa shape index (κ1) is 8.89. The van der Waals surface area contributed by atoms with Gasteiger partial charge in [0.25, 0.3) is 0 Å². The number of alkyl halides is 1. The Bertz CT molecular complexity index is 77.5. The van der Waals surface area contributed by atoms with Crippen LogP contribution in [0, 0.1) is 4.91 Å². The molecule has 0 bridgehead atoms. The molecule has 0 aromatic carbocycles. The third kappa shape index (κ3) is 4.40. The molecule has 0 saturated carbocycles. The number of halogens is 1. The van der Waals surface area contributed by atoms with Crippen molar-refractivity contribution in [1.29, 1.82) is 0 Å². The SMILES string of the molecule is CCCCC(CCl)N=O. The molecule has 0 aliphatic heterocycles. The summed E-state index contributed by atoms with van der Waals surface area (Å²) in [5, 5.41) is 2.86. The molecule has 0 saturated heterocycles. The molecule has 0 aliphatic rings. The minimum absolute atomic E-state index is 0.161. The van der Waals surface area contributed by atoms with Gasteiger partial charge in [0, 0.05) is 5.88 Å². The second-order valence-corrected chi connectivity index (χ2v) is 2.36. The van der Waals surface area contributed by atoms with Crippen LogP contribution >= 0.6 is 11.6 Å². The molecular formula is C6H12ClNO. The Hall–Kier alpha value is -0.110. The first-order valence-electron chi connectivity index (χ1n) is 3.23. The van der Waals surface area contributed by atoms with E-state index in [4.69, 9.17) is 11.6 Å². The van der Waals surface area contributed by atoms with Gasteiger partial charge in [-0.1, -0.05) is 24.9 Å². The van der Waals surface area contributed by atoms with E-state index in [0.29, 0.717) is 5.88 Å². The van der Waals surface area contributed by atoms with Crippen LogP contribution in [-0.4, -0.2) is 11.9 Å². The highest BCUT2D eigenvalue weighted by Crippen LogP contribution is 2.05. The monoisotopic (exact) mass is 149 g/mol. The molecule has 0 fully saturated rings. The normalized spacial score (nSPS) is 13.1. The molecule has 0 aromatic heterocycles. The summed E-state index contributed by atoms with van der Waals surface area (Å²) in [7, 11) is 0. The van der Waals surface area contributed by atoms with Gasteiger partial charge in [-0.3, -0.25) is 0 Å². The molecule has 0 heterocycles. The maximum absolute atomic E-state index is 9.91. The maximum atomic E-state index is 9.91. The van der Waals surface area contributed by atoms with Crippen LogP contribution in [0.3, 0.4) is 0 Å². The smallest absolute Gasteiger partial charge is 0.105 e. The van der Waals surface area contributed by atoms with Gasteiger partial charge >= 0.3 is 0 Å². The van der Waals surface area contributed by atoms with Gasteiger partial charge in [0.1, 0.15) is 6.04 Å². The molecule has 0 N–H and O–H groups in total. The van der Waals surface area contributed by atoms with Crippen molar-refractivity contribution < 1.29 is 0 Å². The highest BCUT2D eigenvalue weighted by Gasteiger charge is 2.03. The van der Waals surface area contributed by atoms with Crippen LogP contribution in [0.5, 0.6) is 0 Å². The number of hydrogen-bond donors (Lipinski definition) is 0. The van der Waals surface area contributed by atoms with E-state index in [-0.39, 0.29) is 6.04 Å². The summed E-state index contributed by atoms with van der Waals surface area (Å²) in [4.78, 5) is 9.91. The van der Waals surface area contributed by atoms with E-state index in [1.165, 1.54) is 0 Å². The zero-order valence-corrected chi connectivity index (χ0v) is 6.40. The van der Waals surface area contributed by atoms with Crippen LogP contribution < -0.4 is 0 Å². The van der Waals surface area contributed by atoms with E-state index in [9.17, 15) is 4.91 Å². The molecular weight excluding hydrogens is 138 g/mol. The minimum Gasteiger partial charge on any atom is -0.150 e.